The van der Waals surface area contributed by atoms with Gasteiger partial charge in [0, 0.05) is 12.3 Å². The maximum atomic E-state index is 11.1. The molecule has 0 aromatic carbocycles. The van der Waals surface area contributed by atoms with Gasteiger partial charge in [0.25, 0.3) is 0 Å². The smallest absolute Gasteiger partial charge is 0.227 e. The summed E-state index contributed by atoms with van der Waals surface area (Å²) in [7, 11) is -3.08. The molecule has 0 aliphatic rings. The number of hydrogen-bond acceptors (Lipinski definition) is 4. The molecule has 0 bridgehead atoms. The lowest BCUT2D eigenvalue weighted by Crippen LogP contribution is -2.38. The summed E-state index contributed by atoms with van der Waals surface area (Å²) in [5.74, 6) is -0.440. The molecule has 0 fully saturated rings. The Hall–Kier alpha value is -0.690. The molecule has 7 heteroatoms. The van der Waals surface area contributed by atoms with E-state index in [9.17, 15) is 13.2 Å². The van der Waals surface area contributed by atoms with Gasteiger partial charge in [0.1, 0.15) is 9.84 Å². The Morgan fingerprint density at radius 2 is 2.07 bits per heavy atom. The van der Waals surface area contributed by atoms with E-state index in [2.05, 4.69) is 17.5 Å². The predicted octanol–water partition coefficient (Wildman–Crippen LogP) is -0.788. The van der Waals surface area contributed by atoms with Crippen LogP contribution in [0.25, 0.3) is 0 Å². The second kappa shape index (κ2) is 5.26. The fourth-order valence-corrected chi connectivity index (χ4v) is 2.10. The molecule has 82 valence electrons. The molecule has 0 rings (SSSR count). The number of amides is 1. The second-order valence-electron chi connectivity index (χ2n) is 3.20. The van der Waals surface area contributed by atoms with Crippen molar-refractivity contribution in [2.24, 2.45) is 5.73 Å². The van der Waals surface area contributed by atoms with Crippen LogP contribution in [0.15, 0.2) is 0 Å². The quantitative estimate of drug-likeness (QED) is 0.613. The molecular formula is C7H14N2O3S2. The van der Waals surface area contributed by atoms with Gasteiger partial charge in [-0.2, -0.15) is 0 Å². The first-order valence-corrected chi connectivity index (χ1v) is 6.43. The number of rotatable bonds is 5. The van der Waals surface area contributed by atoms with Gasteiger partial charge >= 0.3 is 0 Å². The van der Waals surface area contributed by atoms with Gasteiger partial charge in [-0.25, -0.2) is 8.42 Å². The minimum absolute atomic E-state index is 0.0521. The van der Waals surface area contributed by atoms with Gasteiger partial charge in [-0.15, -0.1) is 0 Å². The zero-order valence-electron chi connectivity index (χ0n) is 8.11. The molecular weight excluding hydrogens is 224 g/mol. The SMILES string of the molecule is CC(CS(C)(=O)=O)NC(=O)CC(N)=S. The number of carbonyl (C=O) groups excluding carboxylic acids is 1. The molecule has 0 aliphatic heterocycles. The van der Waals surface area contributed by atoms with E-state index in [1.807, 2.05) is 0 Å². The molecule has 1 amide bonds. The number of nitrogens with two attached hydrogens (primary N) is 1. The molecule has 5 nitrogen and oxygen atoms in total. The van der Waals surface area contributed by atoms with Crippen molar-refractivity contribution in [1.29, 1.82) is 0 Å². The lowest BCUT2D eigenvalue weighted by Gasteiger charge is -2.11. The maximum Gasteiger partial charge on any atom is 0.227 e. The average molecular weight is 238 g/mol. The monoisotopic (exact) mass is 238 g/mol. The number of sulfone groups is 1. The van der Waals surface area contributed by atoms with Crippen molar-refractivity contribution in [2.45, 2.75) is 19.4 Å². The Labute approximate surface area is 89.0 Å². The Balaban J connectivity index is 4.01. The number of hydrogen-bond donors (Lipinski definition) is 2. The maximum absolute atomic E-state index is 11.1. The van der Waals surface area contributed by atoms with Crippen molar-refractivity contribution < 1.29 is 13.2 Å². The van der Waals surface area contributed by atoms with Gasteiger partial charge in [0.2, 0.25) is 5.91 Å². The summed E-state index contributed by atoms with van der Waals surface area (Å²) in [4.78, 5) is 11.2. The highest BCUT2D eigenvalue weighted by Gasteiger charge is 2.13. The summed E-state index contributed by atoms with van der Waals surface area (Å²) in [6.45, 7) is 1.61. The van der Waals surface area contributed by atoms with Crippen LogP contribution in [0.4, 0.5) is 0 Å². The highest BCUT2D eigenvalue weighted by molar-refractivity contribution is 7.90. The number of nitrogens with one attached hydrogen (secondary N) is 1. The van der Waals surface area contributed by atoms with Gasteiger partial charge in [0.15, 0.2) is 0 Å². The molecule has 0 heterocycles. The van der Waals surface area contributed by atoms with Crippen molar-refractivity contribution in [3.05, 3.63) is 0 Å². The van der Waals surface area contributed by atoms with E-state index in [-0.39, 0.29) is 23.1 Å². The van der Waals surface area contributed by atoms with Crippen LogP contribution in [-0.2, 0) is 14.6 Å². The Morgan fingerprint density at radius 3 is 2.43 bits per heavy atom. The van der Waals surface area contributed by atoms with Crippen LogP contribution in [0.3, 0.4) is 0 Å². The van der Waals surface area contributed by atoms with Gasteiger partial charge in [-0.1, -0.05) is 12.2 Å². The van der Waals surface area contributed by atoms with Crippen molar-refractivity contribution in [3.63, 3.8) is 0 Å². The standard InChI is InChI=1S/C7H14N2O3S2/c1-5(4-14(2,11)12)9-7(10)3-6(8)13/h5H,3-4H2,1-2H3,(H2,8,13)(H,9,10). The first-order chi connectivity index (χ1) is 6.20. The van der Waals surface area contributed by atoms with E-state index in [0.717, 1.165) is 6.26 Å². The number of thiocarbonyl (C=S) groups is 1. The van der Waals surface area contributed by atoms with Gasteiger partial charge in [-0.3, -0.25) is 4.79 Å². The lowest BCUT2D eigenvalue weighted by molar-refractivity contribution is -0.120. The topological polar surface area (TPSA) is 89.3 Å². The Kier molecular flexibility index (Phi) is 5.00. The van der Waals surface area contributed by atoms with Crippen LogP contribution in [0.2, 0.25) is 0 Å². The molecule has 1 unspecified atom stereocenters. The van der Waals surface area contributed by atoms with Crippen LogP contribution < -0.4 is 11.1 Å². The minimum atomic E-state index is -3.08. The molecule has 0 saturated heterocycles. The molecule has 14 heavy (non-hydrogen) atoms. The third-order valence-corrected chi connectivity index (χ3v) is 2.54. The highest BCUT2D eigenvalue weighted by Crippen LogP contribution is 1.91. The van der Waals surface area contributed by atoms with E-state index < -0.39 is 15.9 Å². The van der Waals surface area contributed by atoms with Crippen molar-refractivity contribution in [2.75, 3.05) is 12.0 Å². The Morgan fingerprint density at radius 1 is 1.57 bits per heavy atom. The zero-order chi connectivity index (χ0) is 11.4. The van der Waals surface area contributed by atoms with E-state index in [0.29, 0.717) is 0 Å². The van der Waals surface area contributed by atoms with E-state index in [1.54, 1.807) is 6.92 Å². The molecule has 0 spiro atoms. The molecule has 0 aromatic rings. The molecule has 1 atom stereocenters. The summed E-state index contributed by atoms with van der Waals surface area (Å²) in [6, 6.07) is -0.424. The van der Waals surface area contributed by atoms with Crippen molar-refractivity contribution in [3.8, 4) is 0 Å². The Bertz CT molecular complexity index is 324. The van der Waals surface area contributed by atoms with Crippen molar-refractivity contribution in [1.82, 2.24) is 5.32 Å². The van der Waals surface area contributed by atoms with Crippen LogP contribution in [0.5, 0.6) is 0 Å². The third kappa shape index (κ3) is 7.93. The zero-order valence-corrected chi connectivity index (χ0v) is 9.74. The van der Waals surface area contributed by atoms with E-state index in [1.165, 1.54) is 0 Å². The molecule has 0 aliphatic carbocycles. The van der Waals surface area contributed by atoms with E-state index >= 15 is 0 Å². The van der Waals surface area contributed by atoms with Crippen molar-refractivity contribution >= 4 is 33.0 Å². The minimum Gasteiger partial charge on any atom is -0.393 e. The molecule has 0 aromatic heterocycles. The summed E-state index contributed by atoms with van der Waals surface area (Å²) < 4.78 is 21.7. The molecule has 3 N–H and O–H groups in total. The van der Waals surface area contributed by atoms with Crippen LogP contribution in [0, 0.1) is 0 Å². The third-order valence-electron chi connectivity index (χ3n) is 1.29. The first kappa shape index (κ1) is 13.3. The van der Waals surface area contributed by atoms with Gasteiger partial charge < -0.3 is 11.1 Å². The summed E-state index contributed by atoms with van der Waals surface area (Å²) in [5, 5.41) is 2.48. The highest BCUT2D eigenvalue weighted by atomic mass is 32.2. The summed E-state index contributed by atoms with van der Waals surface area (Å²) in [5.41, 5.74) is 5.15. The average Bonchev–Trinajstić information content (AvgIpc) is 1.77. The van der Waals surface area contributed by atoms with Gasteiger partial charge in [0.05, 0.1) is 17.2 Å². The molecule has 0 saturated carbocycles. The molecule has 0 radical (unpaired) electrons. The first-order valence-electron chi connectivity index (χ1n) is 3.96. The fraction of sp³-hybridized carbons (Fsp3) is 0.714. The van der Waals surface area contributed by atoms with Crippen LogP contribution >= 0.6 is 12.2 Å². The second-order valence-corrected chi connectivity index (χ2v) is 5.91. The fourth-order valence-electron chi connectivity index (χ4n) is 0.980. The predicted molar refractivity (Wildman–Crippen MR) is 58.7 cm³/mol. The lowest BCUT2D eigenvalue weighted by atomic mass is 10.3. The largest absolute Gasteiger partial charge is 0.393 e. The van der Waals surface area contributed by atoms with Gasteiger partial charge in [-0.05, 0) is 6.92 Å². The van der Waals surface area contributed by atoms with Crippen LogP contribution in [-0.4, -0.2) is 37.4 Å². The summed E-state index contributed by atoms with van der Waals surface area (Å²) in [6.07, 6.45) is 1.06. The number of carbonyl (C=O) groups is 1. The summed E-state index contributed by atoms with van der Waals surface area (Å²) >= 11 is 4.53. The van der Waals surface area contributed by atoms with E-state index in [4.69, 9.17) is 5.73 Å². The van der Waals surface area contributed by atoms with Crippen LogP contribution in [0.1, 0.15) is 13.3 Å². The normalized spacial score (nSPS) is 13.3.